The summed E-state index contributed by atoms with van der Waals surface area (Å²) in [6.07, 6.45) is 1.94. The van der Waals surface area contributed by atoms with E-state index in [4.69, 9.17) is 9.97 Å². The van der Waals surface area contributed by atoms with Crippen LogP contribution in [0.15, 0.2) is 109 Å². The minimum Gasteiger partial charge on any atom is -0.507 e. The van der Waals surface area contributed by atoms with Crippen LogP contribution in [0.3, 0.4) is 0 Å². The smallest absolute Gasteiger partial charge is 0.148 e. The predicted molar refractivity (Wildman–Crippen MR) is 245 cm³/mol. The molecule has 5 aromatic carbocycles. The summed E-state index contributed by atoms with van der Waals surface area (Å²) in [5.41, 5.74) is 15.4. The Bertz CT molecular complexity index is 2600. The number of benzene rings is 5. The van der Waals surface area contributed by atoms with Gasteiger partial charge in [0.1, 0.15) is 11.6 Å². The Hall–Kier alpha value is -4.79. The number of aromatic hydroxyl groups is 1. The Kier molecular flexibility index (Phi) is 12.1. The van der Waals surface area contributed by atoms with Crippen molar-refractivity contribution in [3.63, 3.8) is 0 Å². The molecule has 0 fully saturated rings. The molecule has 4 nitrogen and oxygen atoms in total. The Morgan fingerprint density at radius 3 is 1.80 bits per heavy atom. The van der Waals surface area contributed by atoms with Crippen LogP contribution in [0, 0.1) is 6.07 Å². The fourth-order valence-corrected chi connectivity index (χ4v) is 8.18. The summed E-state index contributed by atoms with van der Waals surface area (Å²) in [5, 5.41) is 11.8. The number of imidazole rings is 1. The Labute approximate surface area is 367 Å². The Morgan fingerprint density at radius 2 is 1.20 bits per heavy atom. The first-order valence-electron chi connectivity index (χ1n) is 20.9. The molecule has 2 aromatic heterocycles. The molecule has 59 heavy (non-hydrogen) atoms. The molecule has 0 saturated carbocycles. The van der Waals surface area contributed by atoms with Crippen molar-refractivity contribution in [3.8, 4) is 56.3 Å². The van der Waals surface area contributed by atoms with Crippen LogP contribution in [0.25, 0.3) is 61.6 Å². The van der Waals surface area contributed by atoms with E-state index in [2.05, 4.69) is 186 Å². The maximum atomic E-state index is 11.8. The number of pyridine rings is 1. The van der Waals surface area contributed by atoms with E-state index < -0.39 is 0 Å². The summed E-state index contributed by atoms with van der Waals surface area (Å²) in [6.45, 7) is 29.5. The number of fused-ring (bicyclic) bond motifs is 1. The monoisotopic (exact) mass is 961 g/mol. The second-order valence-corrected chi connectivity index (χ2v) is 19.7. The molecule has 0 saturated heterocycles. The van der Waals surface area contributed by atoms with E-state index in [-0.39, 0.29) is 54.9 Å². The molecular formula is C54H60N3OPt-. The fourth-order valence-electron chi connectivity index (χ4n) is 8.18. The van der Waals surface area contributed by atoms with Gasteiger partial charge in [0, 0.05) is 33.0 Å². The minimum atomic E-state index is -0.212. The molecule has 0 spiro atoms. The van der Waals surface area contributed by atoms with E-state index in [1.54, 1.807) is 0 Å². The van der Waals surface area contributed by atoms with Gasteiger partial charge in [-0.1, -0.05) is 174 Å². The van der Waals surface area contributed by atoms with E-state index in [1.165, 1.54) is 27.8 Å². The van der Waals surface area contributed by atoms with Gasteiger partial charge < -0.3 is 5.11 Å². The Morgan fingerprint density at radius 1 is 0.593 bits per heavy atom. The summed E-state index contributed by atoms with van der Waals surface area (Å²) >= 11 is 0. The molecule has 7 rings (SSSR count). The van der Waals surface area contributed by atoms with Crippen LogP contribution in [0.4, 0.5) is 0 Å². The van der Waals surface area contributed by atoms with Gasteiger partial charge in [-0.3, -0.25) is 9.55 Å². The molecular weight excluding hydrogens is 902 g/mol. The third kappa shape index (κ3) is 8.49. The topological polar surface area (TPSA) is 50.9 Å². The maximum Gasteiger partial charge on any atom is 0.148 e. The third-order valence-electron chi connectivity index (χ3n) is 11.4. The van der Waals surface area contributed by atoms with Gasteiger partial charge in [-0.25, -0.2) is 4.98 Å². The van der Waals surface area contributed by atoms with Crippen LogP contribution in [-0.2, 0) is 37.3 Å². The zero-order valence-electron chi connectivity index (χ0n) is 37.2. The predicted octanol–water partition coefficient (Wildman–Crippen LogP) is 14.7. The second-order valence-electron chi connectivity index (χ2n) is 19.7. The van der Waals surface area contributed by atoms with E-state index in [1.807, 2.05) is 24.4 Å². The molecule has 5 heteroatoms. The van der Waals surface area contributed by atoms with Gasteiger partial charge in [0.05, 0.1) is 22.3 Å². The first-order valence-corrected chi connectivity index (χ1v) is 20.9. The van der Waals surface area contributed by atoms with Crippen LogP contribution in [-0.4, -0.2) is 19.6 Å². The van der Waals surface area contributed by atoms with Crippen LogP contribution in [0.5, 0.6) is 5.75 Å². The molecule has 1 N–H and O–H groups in total. The van der Waals surface area contributed by atoms with E-state index in [0.29, 0.717) is 11.4 Å². The molecule has 0 aliphatic carbocycles. The average Bonchev–Trinajstić information content (AvgIpc) is 3.56. The van der Waals surface area contributed by atoms with Gasteiger partial charge in [-0.15, -0.1) is 28.8 Å². The maximum absolute atomic E-state index is 11.8. The normalized spacial score (nSPS) is 12.4. The van der Waals surface area contributed by atoms with Crippen molar-refractivity contribution >= 4 is 11.0 Å². The number of hydrogen-bond donors (Lipinski definition) is 1. The number of hydrogen-bond acceptors (Lipinski definition) is 3. The number of phenols is 1. The largest absolute Gasteiger partial charge is 0.507 e. The number of rotatable bonds is 7. The fraction of sp³-hybridized carbons (Fsp3) is 0.333. The first-order chi connectivity index (χ1) is 27.3. The molecule has 0 atom stereocenters. The van der Waals surface area contributed by atoms with Crippen molar-refractivity contribution in [3.05, 3.63) is 143 Å². The molecule has 0 unspecified atom stereocenters. The summed E-state index contributed by atoms with van der Waals surface area (Å²) < 4.78 is 2.32. The third-order valence-corrected chi connectivity index (χ3v) is 11.4. The molecule has 7 aromatic rings. The van der Waals surface area contributed by atoms with Crippen LogP contribution in [0.1, 0.15) is 130 Å². The molecule has 308 valence electrons. The number of nitrogens with zero attached hydrogens (tertiary/aromatic N) is 3. The number of aromatic nitrogens is 3. The van der Waals surface area contributed by atoms with Gasteiger partial charge in [0.25, 0.3) is 0 Å². The number of phenolic OH excluding ortho intramolecular Hbond substituents is 1. The van der Waals surface area contributed by atoms with Crippen LogP contribution in [0.2, 0.25) is 0 Å². The summed E-state index contributed by atoms with van der Waals surface area (Å²) in [5.74, 6) is 1.39. The van der Waals surface area contributed by atoms with Gasteiger partial charge >= 0.3 is 0 Å². The Balaban J connectivity index is 0.00000585. The van der Waals surface area contributed by atoms with Crippen LogP contribution < -0.4 is 0 Å². The summed E-state index contributed by atoms with van der Waals surface area (Å²) in [6, 6.07) is 40.3. The minimum absolute atomic E-state index is 0. The molecule has 0 aliphatic rings. The standard InChI is InChI=1S/C54H60N3O.Pt/c1-33(2)38-21-17-22-39(34(3)4)50(38)57-47-24-18-23-40(49(47)56-51(57)43-29-36(25-26-48(43)58)35-19-15-14-16-20-35)41-31-42(46-30-37(27-28-55-46)52(5,6)7)45(54(11,12)13)32-44(41)53(8,9)10;/h14-30,32-34,58H,1-13H3;/q-1;. The average molecular weight is 962 g/mol. The van der Waals surface area contributed by atoms with Crippen molar-refractivity contribution in [2.24, 2.45) is 0 Å². The first kappa shape index (κ1) is 43.8. The van der Waals surface area contributed by atoms with Gasteiger partial charge in [-0.2, -0.15) is 0 Å². The molecule has 0 bridgehead atoms. The van der Waals surface area contributed by atoms with Crippen molar-refractivity contribution in [2.45, 2.75) is 118 Å². The second kappa shape index (κ2) is 16.3. The van der Waals surface area contributed by atoms with Crippen molar-refractivity contribution < 1.29 is 26.2 Å². The zero-order chi connectivity index (χ0) is 41.9. The molecule has 0 amide bonds. The van der Waals surface area contributed by atoms with Crippen molar-refractivity contribution in [2.75, 3.05) is 0 Å². The SMILES string of the molecule is CC(C)c1cccc(C(C)C)c1-n1c(-c2cc(-c3ccccc3)ccc2O)nc2c(-c3[c-]c(-c4cc(C(C)(C)C)ccn4)c(C(C)(C)C)cc3C(C)(C)C)cccc21.[Pt]. The molecule has 0 aliphatic heterocycles. The van der Waals surface area contributed by atoms with Crippen molar-refractivity contribution in [1.29, 1.82) is 0 Å². The summed E-state index contributed by atoms with van der Waals surface area (Å²) in [7, 11) is 0. The zero-order valence-corrected chi connectivity index (χ0v) is 39.4. The molecule has 0 radical (unpaired) electrons. The summed E-state index contributed by atoms with van der Waals surface area (Å²) in [4.78, 5) is 10.6. The van der Waals surface area contributed by atoms with E-state index >= 15 is 0 Å². The molecule has 2 heterocycles. The quantitative estimate of drug-likeness (QED) is 0.162. The van der Waals surface area contributed by atoms with Crippen LogP contribution >= 0.6 is 0 Å². The van der Waals surface area contributed by atoms with E-state index in [0.717, 1.165) is 50.2 Å². The van der Waals surface area contributed by atoms with Gasteiger partial charge in [0.2, 0.25) is 0 Å². The van der Waals surface area contributed by atoms with Crippen molar-refractivity contribution in [1.82, 2.24) is 14.5 Å². The van der Waals surface area contributed by atoms with E-state index in [9.17, 15) is 5.11 Å². The number of para-hydroxylation sites is 2. The van der Waals surface area contributed by atoms with Gasteiger partial charge in [-0.05, 0) is 80.2 Å². The van der Waals surface area contributed by atoms with Gasteiger partial charge in [0.15, 0.2) is 0 Å².